The number of halogens is 3. The first kappa shape index (κ1) is 11.5. The van der Waals surface area contributed by atoms with Crippen LogP contribution in [0.2, 0.25) is 5.15 Å². The second-order valence-corrected chi connectivity index (χ2v) is 5.03. The Morgan fingerprint density at radius 1 is 1.23 bits per heavy atom. The Labute approximate surface area is 108 Å². The zero-order chi connectivity index (χ0) is 8.72. The topological polar surface area (TPSA) is 50.8 Å². The van der Waals surface area contributed by atoms with Gasteiger partial charge in [0.1, 0.15) is 5.15 Å². The minimum atomic E-state index is 0. The van der Waals surface area contributed by atoms with Crippen molar-refractivity contribution in [1.29, 1.82) is 0 Å². The summed E-state index contributed by atoms with van der Waals surface area (Å²) in [5.74, 6) is 0. The number of benzene rings is 1. The van der Waals surface area contributed by atoms with Crippen LogP contribution < -0.4 is 6.15 Å². The molecular weight excluding hydrogens is 413 g/mol. The minimum absolute atomic E-state index is 0. The van der Waals surface area contributed by atoms with Gasteiger partial charge in [0.2, 0.25) is 0 Å². The van der Waals surface area contributed by atoms with Crippen molar-refractivity contribution in [2.24, 2.45) is 0 Å². The van der Waals surface area contributed by atoms with Gasteiger partial charge in [-0.05, 0) is 51.2 Å². The second kappa shape index (κ2) is 4.33. The summed E-state index contributed by atoms with van der Waals surface area (Å²) < 4.78 is 2.34. The molecule has 0 bridgehead atoms. The molecule has 0 saturated carbocycles. The minimum Gasteiger partial charge on any atom is -0.344 e. The van der Waals surface area contributed by atoms with E-state index in [-0.39, 0.29) is 6.15 Å². The van der Waals surface area contributed by atoms with E-state index in [0.717, 1.165) is 14.2 Å². The van der Waals surface area contributed by atoms with Crippen LogP contribution in [0.25, 0.3) is 10.8 Å². The van der Waals surface area contributed by atoms with Crippen molar-refractivity contribution in [2.75, 3.05) is 0 Å². The number of nitrogens with one attached hydrogen (secondary N) is 1. The quantitative estimate of drug-likeness (QED) is 0.617. The predicted molar refractivity (Wildman–Crippen MR) is 73.8 cm³/mol. The van der Waals surface area contributed by atoms with Crippen LogP contribution in [0.1, 0.15) is 0 Å². The van der Waals surface area contributed by atoms with Crippen LogP contribution in [0.5, 0.6) is 0 Å². The molecule has 0 atom stereocenters. The molecule has 2 aromatic rings. The highest BCUT2D eigenvalue weighted by Gasteiger charge is 2.08. The SMILES string of the molecule is Clc1[nH]c(I)c2c(I)cccc12.N. The lowest BCUT2D eigenvalue weighted by Gasteiger charge is -1.93. The van der Waals surface area contributed by atoms with Crippen LogP contribution in [0, 0.1) is 7.27 Å². The molecule has 0 radical (unpaired) electrons. The average Bonchev–Trinajstić information content (AvgIpc) is 2.29. The van der Waals surface area contributed by atoms with E-state index >= 15 is 0 Å². The molecule has 0 aliphatic carbocycles. The fourth-order valence-corrected chi connectivity index (χ4v) is 3.70. The number of hydrogen-bond donors (Lipinski definition) is 2. The van der Waals surface area contributed by atoms with Gasteiger partial charge in [-0.15, -0.1) is 0 Å². The molecule has 1 aromatic carbocycles. The monoisotopic (exact) mass is 420 g/mol. The first-order chi connectivity index (χ1) is 5.70. The third kappa shape index (κ3) is 1.95. The highest BCUT2D eigenvalue weighted by molar-refractivity contribution is 14.1. The summed E-state index contributed by atoms with van der Waals surface area (Å²) in [5.41, 5.74) is 0. The molecule has 5 heteroatoms. The van der Waals surface area contributed by atoms with Crippen molar-refractivity contribution in [3.63, 3.8) is 0 Å². The van der Waals surface area contributed by atoms with Crippen molar-refractivity contribution in [1.82, 2.24) is 11.1 Å². The van der Waals surface area contributed by atoms with Crippen LogP contribution in [-0.4, -0.2) is 4.98 Å². The fourth-order valence-electron chi connectivity index (χ4n) is 1.16. The van der Waals surface area contributed by atoms with Crippen molar-refractivity contribution in [3.8, 4) is 0 Å². The summed E-state index contributed by atoms with van der Waals surface area (Å²) in [6.07, 6.45) is 0. The first-order valence-corrected chi connectivity index (χ1v) is 5.85. The number of hydrogen-bond acceptors (Lipinski definition) is 1. The van der Waals surface area contributed by atoms with Crippen molar-refractivity contribution in [3.05, 3.63) is 30.6 Å². The van der Waals surface area contributed by atoms with Gasteiger partial charge in [0.05, 0.1) is 3.70 Å². The van der Waals surface area contributed by atoms with Gasteiger partial charge >= 0.3 is 0 Å². The van der Waals surface area contributed by atoms with Crippen molar-refractivity contribution in [2.45, 2.75) is 0 Å². The van der Waals surface area contributed by atoms with Gasteiger partial charge in [0, 0.05) is 14.3 Å². The van der Waals surface area contributed by atoms with Gasteiger partial charge in [-0.3, -0.25) is 0 Å². The molecule has 2 rings (SSSR count). The Balaban J connectivity index is 0.000000845. The maximum Gasteiger partial charge on any atom is 0.115 e. The Hall–Kier alpha value is 0.470. The van der Waals surface area contributed by atoms with Crippen molar-refractivity contribution >= 4 is 67.6 Å². The number of rotatable bonds is 0. The van der Waals surface area contributed by atoms with E-state index in [9.17, 15) is 0 Å². The Kier molecular flexibility index (Phi) is 3.84. The zero-order valence-electron chi connectivity index (χ0n) is 6.57. The van der Waals surface area contributed by atoms with Crippen molar-refractivity contribution < 1.29 is 0 Å². The van der Waals surface area contributed by atoms with E-state index in [4.69, 9.17) is 11.6 Å². The van der Waals surface area contributed by atoms with Crippen LogP contribution in [0.4, 0.5) is 0 Å². The fraction of sp³-hybridized carbons (Fsp3) is 0. The summed E-state index contributed by atoms with van der Waals surface area (Å²) in [6, 6.07) is 6.12. The molecule has 1 aromatic heterocycles. The molecule has 70 valence electrons. The predicted octanol–water partition coefficient (Wildman–Crippen LogP) is 4.19. The second-order valence-electron chi connectivity index (χ2n) is 2.42. The van der Waals surface area contributed by atoms with Gasteiger partial charge in [0.15, 0.2) is 0 Å². The van der Waals surface area contributed by atoms with Gasteiger partial charge < -0.3 is 11.1 Å². The van der Waals surface area contributed by atoms with Gasteiger partial charge in [0.25, 0.3) is 0 Å². The van der Waals surface area contributed by atoms with E-state index < -0.39 is 0 Å². The standard InChI is InChI=1S/C8H4ClI2N.H3N/c9-7-4-2-1-3-5(10)6(4)8(11)12-7;/h1-3,12H;1H3. The molecule has 0 amide bonds. The van der Waals surface area contributed by atoms with E-state index in [0.29, 0.717) is 0 Å². The van der Waals surface area contributed by atoms with E-state index in [1.807, 2.05) is 12.1 Å². The number of aromatic amines is 1. The highest BCUT2D eigenvalue weighted by Crippen LogP contribution is 2.30. The summed E-state index contributed by atoms with van der Waals surface area (Å²) in [7, 11) is 0. The molecule has 0 aliphatic heterocycles. The van der Waals surface area contributed by atoms with Gasteiger partial charge in [-0.2, -0.15) is 0 Å². The smallest absolute Gasteiger partial charge is 0.115 e. The van der Waals surface area contributed by atoms with Crippen LogP contribution in [-0.2, 0) is 0 Å². The third-order valence-electron chi connectivity index (χ3n) is 1.69. The lowest BCUT2D eigenvalue weighted by Crippen LogP contribution is -1.73. The van der Waals surface area contributed by atoms with E-state index in [2.05, 4.69) is 56.2 Å². The molecule has 0 saturated heterocycles. The maximum atomic E-state index is 5.99. The van der Waals surface area contributed by atoms with Gasteiger partial charge in [-0.1, -0.05) is 23.7 Å². The Morgan fingerprint density at radius 3 is 2.54 bits per heavy atom. The molecule has 0 spiro atoms. The molecule has 0 aliphatic rings. The van der Waals surface area contributed by atoms with Crippen LogP contribution >= 0.6 is 56.8 Å². The Bertz CT molecular complexity index is 439. The molecule has 0 unspecified atom stereocenters. The number of fused-ring (bicyclic) bond motifs is 1. The molecule has 1 heterocycles. The summed E-state index contributed by atoms with van der Waals surface area (Å²) >= 11 is 10.6. The Morgan fingerprint density at radius 2 is 1.92 bits per heavy atom. The molecule has 2 nitrogen and oxygen atoms in total. The zero-order valence-corrected chi connectivity index (χ0v) is 11.6. The lowest BCUT2D eigenvalue weighted by atomic mass is 10.2. The van der Waals surface area contributed by atoms with E-state index in [1.165, 1.54) is 8.96 Å². The maximum absolute atomic E-state index is 5.99. The van der Waals surface area contributed by atoms with Crippen LogP contribution in [0.3, 0.4) is 0 Å². The van der Waals surface area contributed by atoms with Crippen LogP contribution in [0.15, 0.2) is 18.2 Å². The summed E-state index contributed by atoms with van der Waals surface area (Å²) in [4.78, 5) is 3.10. The number of aromatic nitrogens is 1. The highest BCUT2D eigenvalue weighted by atomic mass is 127. The molecule has 0 fully saturated rings. The lowest BCUT2D eigenvalue weighted by molar-refractivity contribution is 1.37. The van der Waals surface area contributed by atoms with Gasteiger partial charge in [-0.25, -0.2) is 0 Å². The normalized spacial score (nSPS) is 10.1. The summed E-state index contributed by atoms with van der Waals surface area (Å²) in [6.45, 7) is 0. The third-order valence-corrected chi connectivity index (χ3v) is 3.70. The largest absolute Gasteiger partial charge is 0.344 e. The molecular formula is C8H7ClI2N2. The summed E-state index contributed by atoms with van der Waals surface area (Å²) in [5, 5.41) is 3.06. The average molecular weight is 420 g/mol. The first-order valence-electron chi connectivity index (χ1n) is 3.31. The number of H-pyrrole nitrogens is 1. The molecule has 4 N–H and O–H groups in total. The van der Waals surface area contributed by atoms with E-state index in [1.54, 1.807) is 0 Å². The molecule has 13 heavy (non-hydrogen) atoms.